The van der Waals surface area contributed by atoms with Gasteiger partial charge < -0.3 is 4.74 Å². The molecule has 0 fully saturated rings. The van der Waals surface area contributed by atoms with E-state index in [0.29, 0.717) is 0 Å². The van der Waals surface area contributed by atoms with Gasteiger partial charge in [0.1, 0.15) is 6.61 Å². The van der Waals surface area contributed by atoms with Crippen molar-refractivity contribution in [3.05, 3.63) is 0 Å². The topological polar surface area (TPSA) is 50.1 Å². The minimum atomic E-state index is -0.161. The van der Waals surface area contributed by atoms with Crippen LogP contribution in [0, 0.1) is 17.2 Å². The summed E-state index contributed by atoms with van der Waals surface area (Å²) < 4.78 is 4.31. The summed E-state index contributed by atoms with van der Waals surface area (Å²) in [5.74, 6) is -0.161. The number of carbonyl (C=O) groups excluding carboxylic acids is 1. The van der Waals surface area contributed by atoms with E-state index in [1.54, 1.807) is 0 Å². The molecule has 0 heterocycles. The van der Waals surface area contributed by atoms with Crippen molar-refractivity contribution in [1.82, 2.24) is 0 Å². The van der Waals surface area contributed by atoms with Gasteiger partial charge in [-0.3, -0.25) is 0 Å². The fourth-order valence-corrected chi connectivity index (χ4v) is 0.668. The third-order valence-electron chi connectivity index (χ3n) is 1.16. The van der Waals surface area contributed by atoms with E-state index in [2.05, 4.69) is 4.74 Å². The molecule has 0 bridgehead atoms. The fraction of sp³-hybridized carbons (Fsp3) is 0.714. The minimum absolute atomic E-state index is 0.161. The zero-order valence-electron chi connectivity index (χ0n) is 5.96. The molecular formula is C7H10NO2. The lowest BCUT2D eigenvalue weighted by Crippen LogP contribution is -2.05. The smallest absolute Gasteiger partial charge is 0.417 e. The van der Waals surface area contributed by atoms with Gasteiger partial charge in [-0.15, -0.1) is 0 Å². The Bertz CT molecular complexity index is 128. The fourth-order valence-electron chi connectivity index (χ4n) is 0.668. The summed E-state index contributed by atoms with van der Waals surface area (Å²) in [4.78, 5) is 9.57. The van der Waals surface area contributed by atoms with Crippen LogP contribution in [0.1, 0.15) is 19.8 Å². The molecule has 0 N–H and O–H groups in total. The van der Waals surface area contributed by atoms with Crippen LogP contribution in [0.25, 0.3) is 0 Å². The van der Waals surface area contributed by atoms with Crippen LogP contribution in [-0.4, -0.2) is 13.1 Å². The van der Waals surface area contributed by atoms with E-state index in [1.807, 2.05) is 13.0 Å². The van der Waals surface area contributed by atoms with Crippen LogP contribution in [0.3, 0.4) is 0 Å². The Morgan fingerprint density at radius 3 is 2.80 bits per heavy atom. The predicted molar refractivity (Wildman–Crippen MR) is 35.7 cm³/mol. The van der Waals surface area contributed by atoms with Crippen molar-refractivity contribution >= 4 is 6.47 Å². The number of nitrogens with zero attached hydrogens (tertiary/aromatic N) is 1. The monoisotopic (exact) mass is 140 g/mol. The molecule has 0 aliphatic heterocycles. The molecule has 0 aromatic heterocycles. The number of hydrogen-bond acceptors (Lipinski definition) is 3. The van der Waals surface area contributed by atoms with Crippen LogP contribution < -0.4 is 0 Å². The number of rotatable bonds is 5. The SMILES string of the molecule is CCCC(C#N)CO[C]=O. The molecule has 0 aliphatic rings. The molecule has 0 aromatic carbocycles. The van der Waals surface area contributed by atoms with Crippen LogP contribution in [0.2, 0.25) is 0 Å². The maximum atomic E-state index is 9.57. The zero-order valence-corrected chi connectivity index (χ0v) is 5.96. The van der Waals surface area contributed by atoms with E-state index in [-0.39, 0.29) is 12.5 Å². The van der Waals surface area contributed by atoms with Gasteiger partial charge in [-0.1, -0.05) is 13.3 Å². The second-order valence-electron chi connectivity index (χ2n) is 2.01. The number of hydrogen-bond donors (Lipinski definition) is 0. The molecule has 0 spiro atoms. The Hall–Kier alpha value is -1.04. The molecule has 1 unspecified atom stereocenters. The normalized spacial score (nSPS) is 11.6. The Morgan fingerprint density at radius 1 is 1.70 bits per heavy atom. The quantitative estimate of drug-likeness (QED) is 0.572. The molecule has 0 amide bonds. The number of nitriles is 1. The summed E-state index contributed by atoms with van der Waals surface area (Å²) in [5, 5.41) is 8.42. The molecule has 1 atom stereocenters. The minimum Gasteiger partial charge on any atom is -0.456 e. The molecule has 0 aromatic rings. The van der Waals surface area contributed by atoms with Crippen LogP contribution >= 0.6 is 0 Å². The van der Waals surface area contributed by atoms with Crippen molar-refractivity contribution in [2.45, 2.75) is 19.8 Å². The summed E-state index contributed by atoms with van der Waals surface area (Å²) in [6.45, 7) is 3.45. The molecule has 55 valence electrons. The van der Waals surface area contributed by atoms with Gasteiger partial charge in [0, 0.05) is 0 Å². The summed E-state index contributed by atoms with van der Waals surface area (Å²) in [7, 11) is 0. The van der Waals surface area contributed by atoms with Gasteiger partial charge in [0.05, 0.1) is 12.0 Å². The van der Waals surface area contributed by atoms with Gasteiger partial charge in [0.25, 0.3) is 0 Å². The summed E-state index contributed by atoms with van der Waals surface area (Å²) >= 11 is 0. The van der Waals surface area contributed by atoms with Crippen molar-refractivity contribution in [1.29, 1.82) is 5.26 Å². The van der Waals surface area contributed by atoms with Gasteiger partial charge in [-0.05, 0) is 6.42 Å². The van der Waals surface area contributed by atoms with Crippen molar-refractivity contribution in [3.8, 4) is 6.07 Å². The summed E-state index contributed by atoms with van der Waals surface area (Å²) in [5.41, 5.74) is 0. The van der Waals surface area contributed by atoms with E-state index in [9.17, 15) is 4.79 Å². The first-order chi connectivity index (χ1) is 4.85. The van der Waals surface area contributed by atoms with Crippen LogP contribution in [0.5, 0.6) is 0 Å². The molecule has 0 rings (SSSR count). The highest BCUT2D eigenvalue weighted by atomic mass is 16.5. The second-order valence-corrected chi connectivity index (χ2v) is 2.01. The van der Waals surface area contributed by atoms with Gasteiger partial charge in [-0.2, -0.15) is 5.26 Å². The first-order valence-electron chi connectivity index (χ1n) is 3.23. The molecule has 0 aliphatic carbocycles. The average Bonchev–Trinajstić information content (AvgIpc) is 1.98. The highest BCUT2D eigenvalue weighted by Crippen LogP contribution is 2.03. The molecule has 1 radical (unpaired) electrons. The van der Waals surface area contributed by atoms with Crippen molar-refractivity contribution in [3.63, 3.8) is 0 Å². The van der Waals surface area contributed by atoms with Gasteiger partial charge in [-0.25, -0.2) is 4.79 Å². The summed E-state index contributed by atoms with van der Waals surface area (Å²) in [6, 6.07) is 2.03. The molecule has 0 saturated carbocycles. The third-order valence-corrected chi connectivity index (χ3v) is 1.16. The van der Waals surface area contributed by atoms with Crippen molar-refractivity contribution in [2.24, 2.45) is 5.92 Å². The van der Waals surface area contributed by atoms with Crippen LogP contribution in [-0.2, 0) is 9.53 Å². The molecule has 10 heavy (non-hydrogen) atoms. The Balaban J connectivity index is 3.41. The molecular weight excluding hydrogens is 130 g/mol. The largest absolute Gasteiger partial charge is 0.456 e. The first kappa shape index (κ1) is 8.96. The lowest BCUT2D eigenvalue weighted by Gasteiger charge is -2.02. The van der Waals surface area contributed by atoms with Crippen LogP contribution in [0.4, 0.5) is 0 Å². The molecule has 3 nitrogen and oxygen atoms in total. The second kappa shape index (κ2) is 6.09. The van der Waals surface area contributed by atoms with Gasteiger partial charge in [0.15, 0.2) is 0 Å². The Morgan fingerprint density at radius 2 is 2.40 bits per heavy atom. The molecule has 3 heteroatoms. The maximum Gasteiger partial charge on any atom is 0.417 e. The standard InChI is InChI=1S/C7H10NO2/c1-2-3-7(4-8)5-10-6-9/h7H,2-3,5H2,1H3. The third kappa shape index (κ3) is 3.90. The van der Waals surface area contributed by atoms with Crippen molar-refractivity contribution < 1.29 is 9.53 Å². The van der Waals surface area contributed by atoms with E-state index in [4.69, 9.17) is 5.26 Å². The van der Waals surface area contributed by atoms with Crippen molar-refractivity contribution in [2.75, 3.05) is 6.61 Å². The maximum absolute atomic E-state index is 9.57. The van der Waals surface area contributed by atoms with E-state index in [1.165, 1.54) is 6.47 Å². The highest BCUT2D eigenvalue weighted by Gasteiger charge is 2.05. The van der Waals surface area contributed by atoms with E-state index >= 15 is 0 Å². The molecule has 0 saturated heterocycles. The van der Waals surface area contributed by atoms with Gasteiger partial charge >= 0.3 is 6.47 Å². The van der Waals surface area contributed by atoms with Crippen LogP contribution in [0.15, 0.2) is 0 Å². The lowest BCUT2D eigenvalue weighted by atomic mass is 10.1. The van der Waals surface area contributed by atoms with E-state index in [0.717, 1.165) is 12.8 Å². The summed E-state index contributed by atoms with van der Waals surface area (Å²) in [6.07, 6.45) is 1.71. The average molecular weight is 140 g/mol. The predicted octanol–water partition coefficient (Wildman–Crippen LogP) is 1.01. The number of ether oxygens (including phenoxy) is 1. The zero-order chi connectivity index (χ0) is 7.82. The Labute approximate surface area is 60.6 Å². The van der Waals surface area contributed by atoms with E-state index < -0.39 is 0 Å². The highest BCUT2D eigenvalue weighted by molar-refractivity contribution is 5.38. The lowest BCUT2D eigenvalue weighted by molar-refractivity contribution is 0.241. The van der Waals surface area contributed by atoms with Gasteiger partial charge in [0.2, 0.25) is 0 Å². The first-order valence-corrected chi connectivity index (χ1v) is 3.23. The Kier molecular flexibility index (Phi) is 5.45.